The van der Waals surface area contributed by atoms with Gasteiger partial charge in [-0.3, -0.25) is 9.00 Å². The number of rotatable bonds is 8. The Balaban J connectivity index is 1.65. The van der Waals surface area contributed by atoms with E-state index >= 15 is 0 Å². The minimum Gasteiger partial charge on any atom is -0.477 e. The van der Waals surface area contributed by atoms with Crippen LogP contribution in [0.1, 0.15) is 42.6 Å². The molecule has 1 aromatic heterocycles. The number of ether oxygens (including phenoxy) is 2. The summed E-state index contributed by atoms with van der Waals surface area (Å²) in [4.78, 5) is 16.9. The number of aromatic nitrogens is 1. The van der Waals surface area contributed by atoms with E-state index in [9.17, 15) is 9.00 Å². The average Bonchev–Trinajstić information content (AvgIpc) is 2.73. The van der Waals surface area contributed by atoms with Gasteiger partial charge in [0.25, 0.3) is 5.91 Å². The average molecular weight is 417 g/mol. The van der Waals surface area contributed by atoms with Crippen LogP contribution in [0.2, 0.25) is 0 Å². The molecule has 1 N–H and O–H groups in total. The van der Waals surface area contributed by atoms with Crippen LogP contribution in [0.4, 0.5) is 5.69 Å². The third-order valence-electron chi connectivity index (χ3n) is 4.60. The van der Waals surface area contributed by atoms with Crippen LogP contribution < -0.4 is 10.1 Å². The van der Waals surface area contributed by atoms with Crippen molar-refractivity contribution in [1.82, 2.24) is 4.98 Å². The molecule has 1 unspecified atom stereocenters. The molecule has 1 fully saturated rings. The van der Waals surface area contributed by atoms with Crippen LogP contribution in [0.3, 0.4) is 0 Å². The zero-order valence-corrected chi connectivity index (χ0v) is 17.7. The Morgan fingerprint density at radius 3 is 2.83 bits per heavy atom. The number of pyridine rings is 1. The summed E-state index contributed by atoms with van der Waals surface area (Å²) >= 11 is 0. The largest absolute Gasteiger partial charge is 0.477 e. The first kappa shape index (κ1) is 21.5. The third kappa shape index (κ3) is 6.37. The van der Waals surface area contributed by atoms with Crippen molar-refractivity contribution in [2.45, 2.75) is 37.7 Å². The molecule has 0 spiro atoms. The van der Waals surface area contributed by atoms with Gasteiger partial charge in [-0.15, -0.1) is 0 Å². The SMILES string of the molecule is CC(C)COc1ncccc1C(=O)Nc1cccc(CS(=O)C2CCOCC2)c1. The molecule has 0 bridgehead atoms. The molecule has 1 saturated heterocycles. The molecule has 1 atom stereocenters. The number of carbonyl (C=O) groups is 1. The van der Waals surface area contributed by atoms with Gasteiger partial charge in [-0.25, -0.2) is 4.98 Å². The normalized spacial score (nSPS) is 15.8. The number of nitrogens with zero attached hydrogens (tertiary/aromatic N) is 1. The number of benzene rings is 1. The maximum absolute atomic E-state index is 12.8. The summed E-state index contributed by atoms with van der Waals surface area (Å²) in [5.41, 5.74) is 1.99. The Morgan fingerprint density at radius 1 is 1.28 bits per heavy atom. The van der Waals surface area contributed by atoms with Gasteiger partial charge in [0.2, 0.25) is 5.88 Å². The minimum atomic E-state index is -0.948. The summed E-state index contributed by atoms with van der Waals surface area (Å²) < 4.78 is 23.7. The summed E-state index contributed by atoms with van der Waals surface area (Å²) in [6, 6.07) is 10.9. The molecular weight excluding hydrogens is 388 g/mol. The predicted octanol–water partition coefficient (Wildman–Crippen LogP) is 3.80. The lowest BCUT2D eigenvalue weighted by molar-refractivity contribution is 0.0991. The summed E-state index contributed by atoms with van der Waals surface area (Å²) in [6.45, 7) is 5.93. The van der Waals surface area contributed by atoms with Crippen molar-refractivity contribution in [3.05, 3.63) is 53.7 Å². The van der Waals surface area contributed by atoms with Crippen LogP contribution >= 0.6 is 0 Å². The fourth-order valence-electron chi connectivity index (χ4n) is 3.08. The maximum Gasteiger partial charge on any atom is 0.261 e. The van der Waals surface area contributed by atoms with Gasteiger partial charge >= 0.3 is 0 Å². The highest BCUT2D eigenvalue weighted by molar-refractivity contribution is 7.84. The number of anilines is 1. The topological polar surface area (TPSA) is 77.5 Å². The molecule has 2 aromatic rings. The Bertz CT molecular complexity index is 850. The van der Waals surface area contributed by atoms with Crippen molar-refractivity contribution in [3.8, 4) is 5.88 Å². The van der Waals surface area contributed by atoms with Crippen molar-refractivity contribution in [2.75, 3.05) is 25.1 Å². The fraction of sp³-hybridized carbons (Fsp3) is 0.455. The van der Waals surface area contributed by atoms with Gasteiger partial charge in [-0.2, -0.15) is 0 Å². The molecule has 1 amide bonds. The van der Waals surface area contributed by atoms with Gasteiger partial charge in [0.1, 0.15) is 5.56 Å². The Hall–Kier alpha value is -2.25. The quantitative estimate of drug-likeness (QED) is 0.708. The van der Waals surface area contributed by atoms with E-state index in [1.54, 1.807) is 18.3 Å². The molecular formula is C22H28N2O4S. The maximum atomic E-state index is 12.8. The van der Waals surface area contributed by atoms with Gasteiger partial charge in [0, 0.05) is 46.9 Å². The number of nitrogens with one attached hydrogen (secondary N) is 1. The fourth-order valence-corrected chi connectivity index (χ4v) is 4.54. The molecule has 1 aromatic carbocycles. The van der Waals surface area contributed by atoms with Crippen LogP contribution in [0.15, 0.2) is 42.6 Å². The van der Waals surface area contributed by atoms with E-state index < -0.39 is 10.8 Å². The zero-order valence-electron chi connectivity index (χ0n) is 16.9. The molecule has 6 nitrogen and oxygen atoms in total. The molecule has 2 heterocycles. The standard InChI is InChI=1S/C22H28N2O4S/c1-16(2)14-28-22-20(7-4-10-23-22)21(25)24-18-6-3-5-17(13-18)15-29(26)19-8-11-27-12-9-19/h3-7,10,13,16,19H,8-9,11-12,14-15H2,1-2H3,(H,24,25). The van der Waals surface area contributed by atoms with E-state index in [4.69, 9.17) is 9.47 Å². The molecule has 1 aliphatic heterocycles. The summed E-state index contributed by atoms with van der Waals surface area (Å²) in [5.74, 6) is 0.862. The zero-order chi connectivity index (χ0) is 20.6. The smallest absolute Gasteiger partial charge is 0.261 e. The lowest BCUT2D eigenvalue weighted by Crippen LogP contribution is -2.25. The van der Waals surface area contributed by atoms with Gasteiger partial charge in [-0.1, -0.05) is 26.0 Å². The first-order valence-electron chi connectivity index (χ1n) is 9.96. The molecule has 29 heavy (non-hydrogen) atoms. The molecule has 156 valence electrons. The van der Waals surface area contributed by atoms with E-state index in [0.717, 1.165) is 18.4 Å². The molecule has 1 aliphatic rings. The molecule has 0 radical (unpaired) electrons. The molecule has 7 heteroatoms. The second-order valence-electron chi connectivity index (χ2n) is 7.55. The first-order chi connectivity index (χ1) is 14.0. The highest BCUT2D eigenvalue weighted by Gasteiger charge is 2.20. The highest BCUT2D eigenvalue weighted by Crippen LogP contribution is 2.21. The van der Waals surface area contributed by atoms with Crippen LogP contribution in [0.25, 0.3) is 0 Å². The second kappa shape index (κ2) is 10.5. The lowest BCUT2D eigenvalue weighted by atomic mass is 10.2. The van der Waals surface area contributed by atoms with Gasteiger partial charge in [0.05, 0.1) is 6.61 Å². The van der Waals surface area contributed by atoms with E-state index in [2.05, 4.69) is 10.3 Å². The van der Waals surface area contributed by atoms with Crippen LogP contribution in [-0.2, 0) is 21.3 Å². The van der Waals surface area contributed by atoms with E-state index in [1.165, 1.54) is 0 Å². The molecule has 3 rings (SSSR count). The van der Waals surface area contributed by atoms with Crippen LogP contribution in [-0.4, -0.2) is 40.2 Å². The van der Waals surface area contributed by atoms with Crippen molar-refractivity contribution in [1.29, 1.82) is 0 Å². The number of hydrogen-bond acceptors (Lipinski definition) is 5. The van der Waals surface area contributed by atoms with Crippen molar-refractivity contribution in [2.24, 2.45) is 5.92 Å². The lowest BCUT2D eigenvalue weighted by Gasteiger charge is -2.21. The summed E-state index contributed by atoms with van der Waals surface area (Å²) in [5, 5.41) is 3.08. The Morgan fingerprint density at radius 2 is 2.07 bits per heavy atom. The van der Waals surface area contributed by atoms with Crippen LogP contribution in [0, 0.1) is 5.92 Å². The Labute approximate surface area is 174 Å². The van der Waals surface area contributed by atoms with E-state index in [1.807, 2.05) is 38.1 Å². The van der Waals surface area contributed by atoms with Gasteiger partial charge < -0.3 is 14.8 Å². The minimum absolute atomic E-state index is 0.179. The monoisotopic (exact) mass is 416 g/mol. The molecule has 0 saturated carbocycles. The van der Waals surface area contributed by atoms with Gasteiger partial charge in [-0.05, 0) is 48.6 Å². The van der Waals surface area contributed by atoms with Crippen molar-refractivity contribution >= 4 is 22.4 Å². The van der Waals surface area contributed by atoms with Crippen LogP contribution in [0.5, 0.6) is 5.88 Å². The number of hydrogen-bond donors (Lipinski definition) is 1. The second-order valence-corrected chi connectivity index (χ2v) is 9.27. The highest BCUT2D eigenvalue weighted by atomic mass is 32.2. The van der Waals surface area contributed by atoms with Gasteiger partial charge in [0.15, 0.2) is 0 Å². The summed E-state index contributed by atoms with van der Waals surface area (Å²) in [7, 11) is -0.948. The van der Waals surface area contributed by atoms with Crippen molar-refractivity contribution in [3.63, 3.8) is 0 Å². The van der Waals surface area contributed by atoms with E-state index in [0.29, 0.717) is 48.6 Å². The predicted molar refractivity (Wildman–Crippen MR) is 115 cm³/mol. The number of carbonyl (C=O) groups excluding carboxylic acids is 1. The third-order valence-corrected chi connectivity index (χ3v) is 6.44. The summed E-state index contributed by atoms with van der Waals surface area (Å²) in [6.07, 6.45) is 3.28. The first-order valence-corrected chi connectivity index (χ1v) is 11.3. The Kier molecular flexibility index (Phi) is 7.77. The molecule has 0 aliphatic carbocycles. The van der Waals surface area contributed by atoms with Crippen molar-refractivity contribution < 1.29 is 18.5 Å². The number of amides is 1. The van der Waals surface area contributed by atoms with E-state index in [-0.39, 0.29) is 11.2 Å².